The maximum Gasteiger partial charge on any atom is 0.591 e. The summed E-state index contributed by atoms with van der Waals surface area (Å²) in [6, 6.07) is 5.92. The lowest BCUT2D eigenvalue weighted by Crippen LogP contribution is -2.33. The molecule has 0 amide bonds. The molecule has 0 aliphatic rings. The number of benzene rings is 1. The Morgan fingerprint density at radius 2 is 1.93 bits per heavy atom. The normalized spacial score (nSPS) is 11.9. The van der Waals surface area contributed by atoms with Gasteiger partial charge in [-0.25, -0.2) is 4.79 Å². The average Bonchev–Trinajstić information content (AvgIpc) is 2.41. The van der Waals surface area contributed by atoms with Crippen molar-refractivity contribution in [2.75, 3.05) is 0 Å². The summed E-state index contributed by atoms with van der Waals surface area (Å²) in [7, 11) is 0. The molecule has 0 aliphatic carbocycles. The fraction of sp³-hybridized carbons (Fsp3) is 0.125. The van der Waals surface area contributed by atoms with Crippen LogP contribution in [0.15, 0.2) is 29.1 Å². The predicted molar refractivity (Wildman–Crippen MR) is 45.2 cm³/mol. The van der Waals surface area contributed by atoms with Gasteiger partial charge in [-0.05, 0) is 12.1 Å². The van der Waals surface area contributed by atoms with E-state index >= 15 is 0 Å². The van der Waals surface area contributed by atoms with E-state index in [2.05, 4.69) is 9.82 Å². The van der Waals surface area contributed by atoms with Crippen LogP contribution in [0.2, 0.25) is 0 Å². The number of para-hydroxylation sites is 2. The molecule has 1 aromatic carbocycles. The number of hydrogen-bond donors (Lipinski definition) is 1. The molecule has 0 aliphatic heterocycles. The van der Waals surface area contributed by atoms with Crippen LogP contribution >= 0.6 is 0 Å². The number of nitrogens with zero attached hydrogens (tertiary/aromatic N) is 1. The second-order valence-corrected chi connectivity index (χ2v) is 2.78. The molecule has 0 fully saturated rings. The highest BCUT2D eigenvalue weighted by Gasteiger charge is 2.33. The van der Waals surface area contributed by atoms with Crippen molar-refractivity contribution in [1.29, 1.82) is 0 Å². The first-order valence-electron chi connectivity index (χ1n) is 3.93. The second-order valence-electron chi connectivity index (χ2n) is 2.78. The summed E-state index contributed by atoms with van der Waals surface area (Å²) in [6.07, 6.45) is -4.89. The van der Waals surface area contributed by atoms with Crippen LogP contribution in [0.4, 0.5) is 13.2 Å². The molecule has 2 aromatic rings. The standard InChI is InChI=1S/C8H5F3N2O2/c9-8(10,11)15-13-6-4-2-1-3-5(6)12-7(13)14/h1-4H,(H,12,14). The Kier molecular flexibility index (Phi) is 1.95. The van der Waals surface area contributed by atoms with Gasteiger partial charge in [0.1, 0.15) is 5.52 Å². The van der Waals surface area contributed by atoms with Crippen LogP contribution in [0, 0.1) is 0 Å². The van der Waals surface area contributed by atoms with Crippen molar-refractivity contribution in [2.45, 2.75) is 6.36 Å². The van der Waals surface area contributed by atoms with Crippen LogP contribution in [-0.4, -0.2) is 16.1 Å². The molecular weight excluding hydrogens is 213 g/mol. The van der Waals surface area contributed by atoms with Gasteiger partial charge in [0.15, 0.2) is 0 Å². The Morgan fingerprint density at radius 1 is 1.27 bits per heavy atom. The number of nitrogens with one attached hydrogen (secondary N) is 1. The van der Waals surface area contributed by atoms with Gasteiger partial charge in [0.25, 0.3) is 0 Å². The average molecular weight is 218 g/mol. The van der Waals surface area contributed by atoms with Crippen LogP contribution in [0.25, 0.3) is 11.0 Å². The van der Waals surface area contributed by atoms with E-state index in [0.717, 1.165) is 0 Å². The zero-order valence-electron chi connectivity index (χ0n) is 7.21. The zero-order chi connectivity index (χ0) is 11.1. The maximum atomic E-state index is 11.9. The van der Waals surface area contributed by atoms with Crippen molar-refractivity contribution < 1.29 is 18.0 Å². The number of imidazole rings is 1. The van der Waals surface area contributed by atoms with Gasteiger partial charge in [-0.15, -0.1) is 17.9 Å². The summed E-state index contributed by atoms with van der Waals surface area (Å²) in [6.45, 7) is 0. The first-order valence-corrected chi connectivity index (χ1v) is 3.93. The van der Waals surface area contributed by atoms with E-state index in [0.29, 0.717) is 0 Å². The van der Waals surface area contributed by atoms with Crippen LogP contribution in [0.3, 0.4) is 0 Å². The van der Waals surface area contributed by atoms with Gasteiger partial charge < -0.3 is 9.82 Å². The van der Waals surface area contributed by atoms with Gasteiger partial charge >= 0.3 is 12.1 Å². The minimum Gasteiger partial charge on any atom is -0.308 e. The van der Waals surface area contributed by atoms with Gasteiger partial charge in [0, 0.05) is 0 Å². The Bertz CT molecular complexity index is 541. The van der Waals surface area contributed by atoms with Crippen LogP contribution in [0.5, 0.6) is 0 Å². The van der Waals surface area contributed by atoms with Crippen molar-refractivity contribution in [3.8, 4) is 0 Å². The monoisotopic (exact) mass is 218 g/mol. The second kappa shape index (κ2) is 3.04. The van der Waals surface area contributed by atoms with E-state index in [9.17, 15) is 18.0 Å². The number of rotatable bonds is 1. The maximum absolute atomic E-state index is 11.9. The molecule has 15 heavy (non-hydrogen) atoms. The quantitative estimate of drug-likeness (QED) is 0.783. The number of fused-ring (bicyclic) bond motifs is 1. The molecule has 0 saturated heterocycles. The molecule has 0 spiro atoms. The zero-order valence-corrected chi connectivity index (χ0v) is 7.21. The molecule has 4 nitrogen and oxygen atoms in total. The number of halogens is 3. The largest absolute Gasteiger partial charge is 0.591 e. The van der Waals surface area contributed by atoms with Gasteiger partial charge in [0.05, 0.1) is 5.52 Å². The summed E-state index contributed by atoms with van der Waals surface area (Å²) in [5.41, 5.74) is -0.639. The Balaban J connectivity index is 2.60. The lowest BCUT2D eigenvalue weighted by Gasteiger charge is -2.07. The SMILES string of the molecule is O=c1[nH]c2ccccc2n1OC(F)(F)F. The van der Waals surface area contributed by atoms with Gasteiger partial charge in [-0.2, -0.15) is 0 Å². The van der Waals surface area contributed by atoms with Crippen LogP contribution in [-0.2, 0) is 0 Å². The minimum atomic E-state index is -4.89. The molecule has 80 valence electrons. The lowest BCUT2D eigenvalue weighted by molar-refractivity contribution is -0.322. The Hall–Kier alpha value is -1.92. The summed E-state index contributed by atoms with van der Waals surface area (Å²) in [4.78, 5) is 16.9. The van der Waals surface area contributed by atoms with Gasteiger partial charge in [-0.1, -0.05) is 12.1 Å². The smallest absolute Gasteiger partial charge is 0.308 e. The molecule has 1 heterocycles. The number of hydrogen-bond acceptors (Lipinski definition) is 2. The highest BCUT2D eigenvalue weighted by molar-refractivity contribution is 5.74. The van der Waals surface area contributed by atoms with Crippen LogP contribution < -0.4 is 10.5 Å². The van der Waals surface area contributed by atoms with E-state index in [1.165, 1.54) is 18.2 Å². The third-order valence-corrected chi connectivity index (χ3v) is 1.74. The van der Waals surface area contributed by atoms with Crippen molar-refractivity contribution in [3.05, 3.63) is 34.7 Å². The molecule has 0 saturated carbocycles. The van der Waals surface area contributed by atoms with Gasteiger partial charge in [-0.3, -0.25) is 0 Å². The number of aromatic amines is 1. The molecule has 0 atom stereocenters. The van der Waals surface area contributed by atoms with E-state index in [4.69, 9.17) is 0 Å². The highest BCUT2D eigenvalue weighted by Crippen LogP contribution is 2.15. The summed E-state index contributed by atoms with van der Waals surface area (Å²) >= 11 is 0. The van der Waals surface area contributed by atoms with E-state index in [1.807, 2.05) is 0 Å². The molecule has 1 N–H and O–H groups in total. The number of H-pyrrole nitrogens is 1. The third-order valence-electron chi connectivity index (χ3n) is 1.74. The van der Waals surface area contributed by atoms with Gasteiger partial charge in [0.2, 0.25) is 0 Å². The molecular formula is C8H5F3N2O2. The van der Waals surface area contributed by atoms with E-state index < -0.39 is 12.1 Å². The summed E-state index contributed by atoms with van der Waals surface area (Å²) in [5.74, 6) is 0. The van der Waals surface area contributed by atoms with Crippen molar-refractivity contribution in [2.24, 2.45) is 0 Å². The molecule has 1 aromatic heterocycles. The van der Waals surface area contributed by atoms with E-state index in [1.54, 1.807) is 6.07 Å². The van der Waals surface area contributed by atoms with Crippen molar-refractivity contribution in [1.82, 2.24) is 9.71 Å². The molecule has 7 heteroatoms. The first kappa shape index (κ1) is 9.63. The lowest BCUT2D eigenvalue weighted by atomic mass is 10.3. The Labute approximate surface area is 80.8 Å². The van der Waals surface area contributed by atoms with Crippen molar-refractivity contribution >= 4 is 11.0 Å². The fourth-order valence-electron chi connectivity index (χ4n) is 1.23. The summed E-state index contributed by atoms with van der Waals surface area (Å²) in [5, 5.41) is 0. The molecule has 0 radical (unpaired) electrons. The van der Waals surface area contributed by atoms with Crippen LogP contribution in [0.1, 0.15) is 0 Å². The number of alkyl halides is 3. The topological polar surface area (TPSA) is 47.0 Å². The third kappa shape index (κ3) is 1.80. The van der Waals surface area contributed by atoms with Crippen molar-refractivity contribution in [3.63, 3.8) is 0 Å². The summed E-state index contributed by atoms with van der Waals surface area (Å²) < 4.78 is 36.0. The Morgan fingerprint density at radius 3 is 2.60 bits per heavy atom. The molecule has 2 rings (SSSR count). The predicted octanol–water partition coefficient (Wildman–Crippen LogP) is 1.28. The highest BCUT2D eigenvalue weighted by atomic mass is 19.4. The first-order chi connectivity index (χ1) is 6.97. The molecule has 0 unspecified atom stereocenters. The number of aromatic nitrogens is 2. The molecule has 0 bridgehead atoms. The van der Waals surface area contributed by atoms with E-state index in [-0.39, 0.29) is 15.8 Å². The fourth-order valence-corrected chi connectivity index (χ4v) is 1.23. The minimum absolute atomic E-state index is 0.0415.